The lowest BCUT2D eigenvalue weighted by Gasteiger charge is -2.11. The van der Waals surface area contributed by atoms with Crippen LogP contribution in [0.25, 0.3) is 0 Å². The second-order valence-corrected chi connectivity index (χ2v) is 5.67. The lowest BCUT2D eigenvalue weighted by molar-refractivity contribution is -0.115. The van der Waals surface area contributed by atoms with E-state index in [1.807, 2.05) is 31.2 Å². The van der Waals surface area contributed by atoms with E-state index in [0.717, 1.165) is 10.0 Å². The van der Waals surface area contributed by atoms with Crippen molar-refractivity contribution < 1.29 is 9.59 Å². The van der Waals surface area contributed by atoms with Crippen molar-refractivity contribution in [1.29, 1.82) is 0 Å². The Kier molecular flexibility index (Phi) is 5.72. The van der Waals surface area contributed by atoms with Gasteiger partial charge < -0.3 is 10.6 Å². The van der Waals surface area contributed by atoms with Gasteiger partial charge in [0.1, 0.15) is 0 Å². The summed E-state index contributed by atoms with van der Waals surface area (Å²) >= 11 is 3.36. The number of para-hydroxylation sites is 1. The van der Waals surface area contributed by atoms with Crippen LogP contribution in [0, 0.1) is 0 Å². The molecule has 0 radical (unpaired) electrons. The van der Waals surface area contributed by atoms with Crippen LogP contribution in [0.5, 0.6) is 0 Å². The van der Waals surface area contributed by atoms with Gasteiger partial charge in [0.2, 0.25) is 5.91 Å². The predicted octanol–water partition coefficient (Wildman–Crippen LogP) is 3.38. The van der Waals surface area contributed by atoms with Crippen LogP contribution < -0.4 is 10.6 Å². The fourth-order valence-electron chi connectivity index (χ4n) is 2.03. The van der Waals surface area contributed by atoms with Gasteiger partial charge >= 0.3 is 0 Å². The molecule has 2 aromatic rings. The van der Waals surface area contributed by atoms with Crippen molar-refractivity contribution in [3.8, 4) is 0 Å². The molecular weight excluding hydrogens is 344 g/mol. The van der Waals surface area contributed by atoms with Crippen molar-refractivity contribution in [3.05, 3.63) is 64.1 Å². The molecule has 0 unspecified atom stereocenters. The summed E-state index contributed by atoms with van der Waals surface area (Å²) in [5.74, 6) is -0.346. The molecule has 0 saturated carbocycles. The summed E-state index contributed by atoms with van der Waals surface area (Å²) in [6.45, 7) is 2.40. The monoisotopic (exact) mass is 360 g/mol. The molecule has 2 aromatic carbocycles. The van der Waals surface area contributed by atoms with Gasteiger partial charge in [-0.2, -0.15) is 0 Å². The minimum absolute atomic E-state index is 0.154. The number of nitrogens with one attached hydrogen (secondary N) is 2. The molecule has 2 N–H and O–H groups in total. The smallest absolute Gasteiger partial charge is 0.253 e. The van der Waals surface area contributed by atoms with E-state index in [2.05, 4.69) is 26.6 Å². The van der Waals surface area contributed by atoms with E-state index >= 15 is 0 Å². The number of carbonyl (C=O) groups is 2. The maximum Gasteiger partial charge on any atom is 0.253 e. The number of hydrogen-bond donors (Lipinski definition) is 2. The van der Waals surface area contributed by atoms with Gasteiger partial charge in [-0.25, -0.2) is 0 Å². The van der Waals surface area contributed by atoms with Gasteiger partial charge in [0.05, 0.1) is 17.7 Å². The molecule has 0 saturated heterocycles. The van der Waals surface area contributed by atoms with E-state index in [1.165, 1.54) is 0 Å². The molecular formula is C17H17BrN2O2. The zero-order valence-corrected chi connectivity index (χ0v) is 13.8. The standard InChI is InChI=1S/C17H17BrN2O2/c1-2-19-17(22)14-5-3-4-6-15(14)20-16(21)11-12-7-9-13(18)10-8-12/h3-10H,2,11H2,1H3,(H,19,22)(H,20,21). The second-order valence-electron chi connectivity index (χ2n) is 4.76. The second kappa shape index (κ2) is 7.75. The fraction of sp³-hybridized carbons (Fsp3) is 0.176. The Morgan fingerprint density at radius 3 is 2.41 bits per heavy atom. The molecule has 0 heterocycles. The molecule has 2 rings (SSSR count). The quantitative estimate of drug-likeness (QED) is 0.858. The zero-order chi connectivity index (χ0) is 15.9. The van der Waals surface area contributed by atoms with Crippen LogP contribution in [0.1, 0.15) is 22.8 Å². The third-order valence-electron chi connectivity index (χ3n) is 3.06. The molecule has 0 atom stereocenters. The minimum Gasteiger partial charge on any atom is -0.352 e. The predicted molar refractivity (Wildman–Crippen MR) is 90.9 cm³/mol. The first-order valence-corrected chi connectivity index (χ1v) is 7.81. The van der Waals surface area contributed by atoms with E-state index < -0.39 is 0 Å². The third kappa shape index (κ3) is 4.43. The Bertz CT molecular complexity index is 669. The van der Waals surface area contributed by atoms with Crippen LogP contribution in [0.4, 0.5) is 5.69 Å². The summed E-state index contributed by atoms with van der Waals surface area (Å²) in [6.07, 6.45) is 0.261. The highest BCUT2D eigenvalue weighted by atomic mass is 79.9. The minimum atomic E-state index is -0.193. The van der Waals surface area contributed by atoms with Gasteiger partial charge in [0.15, 0.2) is 0 Å². The van der Waals surface area contributed by atoms with Crippen molar-refractivity contribution in [2.45, 2.75) is 13.3 Å². The molecule has 0 aliphatic carbocycles. The lowest BCUT2D eigenvalue weighted by Crippen LogP contribution is -2.25. The third-order valence-corrected chi connectivity index (χ3v) is 3.59. The number of hydrogen-bond acceptors (Lipinski definition) is 2. The molecule has 0 fully saturated rings. The Hall–Kier alpha value is -2.14. The average Bonchev–Trinajstić information content (AvgIpc) is 2.50. The highest BCUT2D eigenvalue weighted by molar-refractivity contribution is 9.10. The van der Waals surface area contributed by atoms with Crippen LogP contribution in [0.2, 0.25) is 0 Å². The van der Waals surface area contributed by atoms with Gasteiger partial charge in [-0.1, -0.05) is 40.2 Å². The average molecular weight is 361 g/mol. The van der Waals surface area contributed by atoms with Crippen LogP contribution in [0.3, 0.4) is 0 Å². The van der Waals surface area contributed by atoms with E-state index in [9.17, 15) is 9.59 Å². The summed E-state index contributed by atoms with van der Waals surface area (Å²) in [4.78, 5) is 24.1. The van der Waals surface area contributed by atoms with Gasteiger partial charge in [0.25, 0.3) is 5.91 Å². The number of benzene rings is 2. The molecule has 0 aromatic heterocycles. The van der Waals surface area contributed by atoms with Crippen molar-refractivity contribution in [1.82, 2.24) is 5.32 Å². The summed E-state index contributed by atoms with van der Waals surface area (Å²) in [5.41, 5.74) is 1.90. The van der Waals surface area contributed by atoms with E-state index in [1.54, 1.807) is 24.3 Å². The van der Waals surface area contributed by atoms with Crippen LogP contribution >= 0.6 is 15.9 Å². The number of carbonyl (C=O) groups excluding carboxylic acids is 2. The van der Waals surface area contributed by atoms with Crippen molar-refractivity contribution in [3.63, 3.8) is 0 Å². The van der Waals surface area contributed by atoms with Gasteiger partial charge in [-0.15, -0.1) is 0 Å². The van der Waals surface area contributed by atoms with Crippen LogP contribution in [-0.4, -0.2) is 18.4 Å². The number of rotatable bonds is 5. The largest absolute Gasteiger partial charge is 0.352 e. The highest BCUT2D eigenvalue weighted by Gasteiger charge is 2.12. The molecule has 0 bridgehead atoms. The molecule has 4 nitrogen and oxygen atoms in total. The number of amides is 2. The molecule has 114 valence electrons. The molecule has 2 amide bonds. The van der Waals surface area contributed by atoms with Gasteiger partial charge in [0, 0.05) is 11.0 Å². The van der Waals surface area contributed by atoms with Gasteiger partial charge in [-0.05, 0) is 36.8 Å². The van der Waals surface area contributed by atoms with Crippen molar-refractivity contribution in [2.24, 2.45) is 0 Å². The van der Waals surface area contributed by atoms with Crippen LogP contribution in [-0.2, 0) is 11.2 Å². The van der Waals surface area contributed by atoms with Crippen molar-refractivity contribution in [2.75, 3.05) is 11.9 Å². The van der Waals surface area contributed by atoms with E-state index in [4.69, 9.17) is 0 Å². The van der Waals surface area contributed by atoms with Crippen LogP contribution in [0.15, 0.2) is 53.0 Å². The zero-order valence-electron chi connectivity index (χ0n) is 12.2. The number of anilines is 1. The maximum atomic E-state index is 12.1. The molecule has 0 aliphatic heterocycles. The molecule has 22 heavy (non-hydrogen) atoms. The summed E-state index contributed by atoms with van der Waals surface area (Å²) in [7, 11) is 0. The Balaban J connectivity index is 2.08. The van der Waals surface area contributed by atoms with Crippen molar-refractivity contribution >= 4 is 33.4 Å². The lowest BCUT2D eigenvalue weighted by atomic mass is 10.1. The fourth-order valence-corrected chi connectivity index (χ4v) is 2.29. The Labute approximate surface area is 138 Å². The Morgan fingerprint density at radius 2 is 1.73 bits per heavy atom. The topological polar surface area (TPSA) is 58.2 Å². The first-order chi connectivity index (χ1) is 10.6. The number of halogens is 1. The first-order valence-electron chi connectivity index (χ1n) is 7.01. The first kappa shape index (κ1) is 16.2. The van der Waals surface area contributed by atoms with E-state index in [0.29, 0.717) is 17.8 Å². The van der Waals surface area contributed by atoms with E-state index in [-0.39, 0.29) is 18.2 Å². The Morgan fingerprint density at radius 1 is 1.05 bits per heavy atom. The normalized spacial score (nSPS) is 10.1. The summed E-state index contributed by atoms with van der Waals surface area (Å²) in [6, 6.07) is 14.5. The molecule has 0 aliphatic rings. The molecule has 0 spiro atoms. The van der Waals surface area contributed by atoms with Gasteiger partial charge in [-0.3, -0.25) is 9.59 Å². The molecule has 5 heteroatoms. The SMILES string of the molecule is CCNC(=O)c1ccccc1NC(=O)Cc1ccc(Br)cc1. The maximum absolute atomic E-state index is 12.1. The summed E-state index contributed by atoms with van der Waals surface area (Å²) < 4.78 is 0.971. The summed E-state index contributed by atoms with van der Waals surface area (Å²) in [5, 5.41) is 5.54. The highest BCUT2D eigenvalue weighted by Crippen LogP contribution is 2.16.